The van der Waals surface area contributed by atoms with Crippen LogP contribution in [-0.4, -0.2) is 20.8 Å². The van der Waals surface area contributed by atoms with Crippen LogP contribution in [0, 0.1) is 0 Å². The Hall–Kier alpha value is -2.36. The molecule has 0 fully saturated rings. The van der Waals surface area contributed by atoms with Gasteiger partial charge in [-0.3, -0.25) is 0 Å². The molecule has 4 nitrogen and oxygen atoms in total. The first-order chi connectivity index (χ1) is 10.8. The van der Waals surface area contributed by atoms with Crippen LogP contribution in [0.4, 0.5) is 5.69 Å². The highest BCUT2D eigenvalue weighted by atomic mass is 16.5. The minimum atomic E-state index is 0.669. The number of methoxy groups -OCH3 is 2. The first-order valence-electron chi connectivity index (χ1n) is 7.45. The van der Waals surface area contributed by atoms with Crippen LogP contribution in [0.2, 0.25) is 0 Å². The molecule has 0 unspecified atom stereocenters. The zero-order chi connectivity index (χ0) is 15.8. The van der Waals surface area contributed by atoms with Gasteiger partial charge in [-0.2, -0.15) is 0 Å². The van der Waals surface area contributed by atoms with Gasteiger partial charge >= 0.3 is 0 Å². The van der Waals surface area contributed by atoms with Gasteiger partial charge in [0.25, 0.3) is 0 Å². The third kappa shape index (κ3) is 4.07. The summed E-state index contributed by atoms with van der Waals surface area (Å²) in [6.45, 7) is 3.43. The fourth-order valence-corrected chi connectivity index (χ4v) is 2.14. The minimum Gasteiger partial charge on any atom is -0.497 e. The van der Waals surface area contributed by atoms with Crippen molar-refractivity contribution < 1.29 is 14.2 Å². The molecule has 0 spiro atoms. The van der Waals surface area contributed by atoms with E-state index in [1.54, 1.807) is 14.2 Å². The predicted molar refractivity (Wildman–Crippen MR) is 89.1 cm³/mol. The highest BCUT2D eigenvalue weighted by Crippen LogP contribution is 2.31. The van der Waals surface area contributed by atoms with E-state index in [-0.39, 0.29) is 0 Å². The fourth-order valence-electron chi connectivity index (χ4n) is 2.14. The summed E-state index contributed by atoms with van der Waals surface area (Å²) in [7, 11) is 3.32. The SMILES string of the molecule is CCCOc1c(CNc2ccc(OC)cc2)cccc1OC. The third-order valence-corrected chi connectivity index (χ3v) is 3.30. The van der Waals surface area contributed by atoms with Crippen LogP contribution in [0.1, 0.15) is 18.9 Å². The lowest BCUT2D eigenvalue weighted by Crippen LogP contribution is -2.05. The molecule has 2 aromatic rings. The quantitative estimate of drug-likeness (QED) is 0.796. The maximum Gasteiger partial charge on any atom is 0.166 e. The van der Waals surface area contributed by atoms with Gasteiger partial charge in [-0.05, 0) is 36.8 Å². The van der Waals surface area contributed by atoms with E-state index in [0.29, 0.717) is 13.2 Å². The number of hydrogen-bond acceptors (Lipinski definition) is 4. The molecule has 4 heteroatoms. The Morgan fingerprint density at radius 1 is 0.955 bits per heavy atom. The maximum atomic E-state index is 5.85. The van der Waals surface area contributed by atoms with Crippen LogP contribution >= 0.6 is 0 Å². The number of rotatable bonds is 8. The second-order valence-electron chi connectivity index (χ2n) is 4.88. The molecule has 0 amide bonds. The summed E-state index contributed by atoms with van der Waals surface area (Å²) < 4.78 is 16.4. The van der Waals surface area contributed by atoms with Gasteiger partial charge in [0.05, 0.1) is 20.8 Å². The Morgan fingerprint density at radius 3 is 2.36 bits per heavy atom. The zero-order valence-electron chi connectivity index (χ0n) is 13.4. The molecule has 0 saturated carbocycles. The summed E-state index contributed by atoms with van der Waals surface area (Å²) in [6.07, 6.45) is 0.962. The van der Waals surface area contributed by atoms with Crippen molar-refractivity contribution in [2.45, 2.75) is 19.9 Å². The van der Waals surface area contributed by atoms with Crippen molar-refractivity contribution in [1.82, 2.24) is 0 Å². The summed E-state index contributed by atoms with van der Waals surface area (Å²) in [5.41, 5.74) is 2.11. The Morgan fingerprint density at radius 2 is 1.73 bits per heavy atom. The van der Waals surface area contributed by atoms with Crippen LogP contribution in [-0.2, 0) is 6.54 Å². The van der Waals surface area contributed by atoms with E-state index >= 15 is 0 Å². The van der Waals surface area contributed by atoms with Gasteiger partial charge in [0.15, 0.2) is 11.5 Å². The molecule has 0 aliphatic carbocycles. The zero-order valence-corrected chi connectivity index (χ0v) is 13.4. The Kier molecular flexibility index (Phi) is 5.95. The Labute approximate surface area is 132 Å². The van der Waals surface area contributed by atoms with Gasteiger partial charge < -0.3 is 19.5 Å². The van der Waals surface area contributed by atoms with Gasteiger partial charge in [0.2, 0.25) is 0 Å². The minimum absolute atomic E-state index is 0.669. The first-order valence-corrected chi connectivity index (χ1v) is 7.45. The molecular formula is C18H23NO3. The normalized spacial score (nSPS) is 10.1. The van der Waals surface area contributed by atoms with Crippen LogP contribution in [0.5, 0.6) is 17.2 Å². The number of anilines is 1. The van der Waals surface area contributed by atoms with Crippen LogP contribution in [0.15, 0.2) is 42.5 Å². The molecular weight excluding hydrogens is 278 g/mol. The summed E-state index contributed by atoms with van der Waals surface area (Å²) in [4.78, 5) is 0. The summed E-state index contributed by atoms with van der Waals surface area (Å²) >= 11 is 0. The molecule has 0 atom stereocenters. The number of hydrogen-bond donors (Lipinski definition) is 1. The summed E-state index contributed by atoms with van der Waals surface area (Å²) in [5.74, 6) is 2.43. The molecule has 0 bridgehead atoms. The molecule has 0 heterocycles. The van der Waals surface area contributed by atoms with E-state index < -0.39 is 0 Å². The van der Waals surface area contributed by atoms with Gasteiger partial charge in [0.1, 0.15) is 5.75 Å². The monoisotopic (exact) mass is 301 g/mol. The molecule has 1 N–H and O–H groups in total. The van der Waals surface area contributed by atoms with E-state index in [1.807, 2.05) is 42.5 Å². The smallest absolute Gasteiger partial charge is 0.166 e. The number of nitrogens with one attached hydrogen (secondary N) is 1. The predicted octanol–water partition coefficient (Wildman–Crippen LogP) is 4.10. The number of para-hydroxylation sites is 1. The average Bonchev–Trinajstić information content (AvgIpc) is 2.58. The molecule has 0 saturated heterocycles. The van der Waals surface area contributed by atoms with E-state index in [1.165, 1.54) is 0 Å². The van der Waals surface area contributed by atoms with Gasteiger partial charge in [-0.15, -0.1) is 0 Å². The standard InChI is InChI=1S/C18H23NO3/c1-4-12-22-18-14(6-5-7-17(18)21-3)13-19-15-8-10-16(20-2)11-9-15/h5-11,19H,4,12-13H2,1-3H3. The van der Waals surface area contributed by atoms with E-state index in [2.05, 4.69) is 12.2 Å². The molecule has 0 aliphatic heterocycles. The Balaban J connectivity index is 2.10. The topological polar surface area (TPSA) is 39.7 Å². The lowest BCUT2D eigenvalue weighted by molar-refractivity contribution is 0.291. The number of ether oxygens (including phenoxy) is 3. The molecule has 0 aromatic heterocycles. The molecule has 118 valence electrons. The highest BCUT2D eigenvalue weighted by Gasteiger charge is 2.10. The van der Waals surface area contributed by atoms with Crippen LogP contribution in [0.3, 0.4) is 0 Å². The van der Waals surface area contributed by atoms with E-state index in [9.17, 15) is 0 Å². The maximum absolute atomic E-state index is 5.85. The average molecular weight is 301 g/mol. The second-order valence-corrected chi connectivity index (χ2v) is 4.88. The lowest BCUT2D eigenvalue weighted by Gasteiger charge is -2.15. The molecule has 0 radical (unpaired) electrons. The van der Waals surface area contributed by atoms with Gasteiger partial charge in [0, 0.05) is 17.8 Å². The van der Waals surface area contributed by atoms with Crippen molar-refractivity contribution in [2.75, 3.05) is 26.1 Å². The summed E-state index contributed by atoms with van der Waals surface area (Å²) in [5, 5.41) is 3.39. The van der Waals surface area contributed by atoms with Crippen molar-refractivity contribution >= 4 is 5.69 Å². The fraction of sp³-hybridized carbons (Fsp3) is 0.333. The molecule has 0 aliphatic rings. The van der Waals surface area contributed by atoms with Gasteiger partial charge in [-0.25, -0.2) is 0 Å². The molecule has 2 rings (SSSR count). The first kappa shape index (κ1) is 16.0. The van der Waals surface area contributed by atoms with Crippen LogP contribution < -0.4 is 19.5 Å². The summed E-state index contributed by atoms with van der Waals surface area (Å²) in [6, 6.07) is 13.8. The van der Waals surface area contributed by atoms with Crippen molar-refractivity contribution in [3.8, 4) is 17.2 Å². The highest BCUT2D eigenvalue weighted by molar-refractivity contribution is 5.51. The van der Waals surface area contributed by atoms with Crippen molar-refractivity contribution in [1.29, 1.82) is 0 Å². The van der Waals surface area contributed by atoms with Crippen molar-refractivity contribution in [3.63, 3.8) is 0 Å². The van der Waals surface area contributed by atoms with E-state index in [0.717, 1.165) is 34.9 Å². The third-order valence-electron chi connectivity index (χ3n) is 3.30. The lowest BCUT2D eigenvalue weighted by atomic mass is 10.1. The van der Waals surface area contributed by atoms with E-state index in [4.69, 9.17) is 14.2 Å². The largest absolute Gasteiger partial charge is 0.497 e. The van der Waals surface area contributed by atoms with Crippen molar-refractivity contribution in [3.05, 3.63) is 48.0 Å². The van der Waals surface area contributed by atoms with Crippen molar-refractivity contribution in [2.24, 2.45) is 0 Å². The van der Waals surface area contributed by atoms with Gasteiger partial charge in [-0.1, -0.05) is 19.1 Å². The second kappa shape index (κ2) is 8.17. The molecule has 22 heavy (non-hydrogen) atoms. The molecule has 2 aromatic carbocycles. The van der Waals surface area contributed by atoms with Crippen LogP contribution in [0.25, 0.3) is 0 Å². The Bertz CT molecular complexity index is 581. The number of benzene rings is 2.